The van der Waals surface area contributed by atoms with Crippen LogP contribution in [0.15, 0.2) is 0 Å². The summed E-state index contributed by atoms with van der Waals surface area (Å²) in [4.78, 5) is 21.1. The highest BCUT2D eigenvalue weighted by Gasteiger charge is 2.01. The smallest absolute Gasteiger partial charge is 0.293 e. The molecular formula is C12H22O4. The normalized spacial score (nSPS) is 10.1. The fraction of sp³-hybridized carbons (Fsp3) is 0.833. The number of unbranched alkanes of at least 4 members (excludes halogenated alkanes) is 3. The highest BCUT2D eigenvalue weighted by Crippen LogP contribution is 2.04. The number of ketones is 1. The number of Topliss-reactive ketones (excluding diaryl/α,β-unsaturated/α-hetero) is 1. The summed E-state index contributed by atoms with van der Waals surface area (Å²) in [6.07, 6.45) is 5.64. The maximum Gasteiger partial charge on any atom is 0.293 e. The SMILES string of the molecule is CCCCCCC(=O)CCOCCOC=O. The van der Waals surface area contributed by atoms with Crippen molar-refractivity contribution in [2.45, 2.75) is 45.4 Å². The summed E-state index contributed by atoms with van der Waals surface area (Å²) in [5, 5.41) is 0. The predicted octanol–water partition coefficient (Wildman–Crippen LogP) is 2.11. The van der Waals surface area contributed by atoms with Crippen molar-refractivity contribution in [2.24, 2.45) is 0 Å². The Morgan fingerprint density at radius 2 is 1.88 bits per heavy atom. The van der Waals surface area contributed by atoms with Crippen LogP contribution in [-0.4, -0.2) is 32.1 Å². The van der Waals surface area contributed by atoms with Crippen LogP contribution >= 0.6 is 0 Å². The average Bonchev–Trinajstić information content (AvgIpc) is 2.29. The summed E-state index contributed by atoms with van der Waals surface area (Å²) in [7, 11) is 0. The molecule has 0 N–H and O–H groups in total. The quantitative estimate of drug-likeness (QED) is 0.380. The molecule has 0 rings (SSSR count). The molecule has 0 fully saturated rings. The molecule has 0 aliphatic rings. The minimum absolute atomic E-state index is 0.257. The van der Waals surface area contributed by atoms with Gasteiger partial charge in [-0.2, -0.15) is 0 Å². The third kappa shape index (κ3) is 11.2. The molecule has 0 spiro atoms. The van der Waals surface area contributed by atoms with Gasteiger partial charge in [0.2, 0.25) is 0 Å². The van der Waals surface area contributed by atoms with Gasteiger partial charge >= 0.3 is 0 Å². The lowest BCUT2D eigenvalue weighted by atomic mass is 10.1. The third-order valence-electron chi connectivity index (χ3n) is 2.25. The highest BCUT2D eigenvalue weighted by molar-refractivity contribution is 5.78. The summed E-state index contributed by atoms with van der Waals surface area (Å²) < 4.78 is 9.57. The minimum atomic E-state index is 0.257. The monoisotopic (exact) mass is 230 g/mol. The Kier molecular flexibility index (Phi) is 11.5. The summed E-state index contributed by atoms with van der Waals surface area (Å²) in [5.74, 6) is 0.257. The van der Waals surface area contributed by atoms with Gasteiger partial charge in [0.25, 0.3) is 6.47 Å². The molecule has 0 unspecified atom stereocenters. The lowest BCUT2D eigenvalue weighted by Crippen LogP contribution is -2.08. The van der Waals surface area contributed by atoms with Crippen molar-refractivity contribution in [1.29, 1.82) is 0 Å². The van der Waals surface area contributed by atoms with Crippen molar-refractivity contribution in [3.63, 3.8) is 0 Å². The highest BCUT2D eigenvalue weighted by atomic mass is 16.5. The van der Waals surface area contributed by atoms with Crippen LogP contribution in [0.3, 0.4) is 0 Å². The Labute approximate surface area is 97.3 Å². The molecule has 4 nitrogen and oxygen atoms in total. The molecule has 0 radical (unpaired) electrons. The zero-order valence-electron chi connectivity index (χ0n) is 10.1. The molecule has 0 aliphatic heterocycles. The molecule has 0 heterocycles. The first-order chi connectivity index (χ1) is 7.81. The summed E-state index contributed by atoms with van der Waals surface area (Å²) in [5.41, 5.74) is 0. The molecule has 0 aromatic heterocycles. The standard InChI is InChI=1S/C12H22O4/c1-2-3-4-5-6-12(14)7-8-15-9-10-16-11-13/h11H,2-10H2,1H3. The lowest BCUT2D eigenvalue weighted by Gasteiger charge is -2.03. The Morgan fingerprint density at radius 3 is 2.56 bits per heavy atom. The lowest BCUT2D eigenvalue weighted by molar-refractivity contribution is -0.130. The second-order valence-electron chi connectivity index (χ2n) is 3.68. The zero-order valence-corrected chi connectivity index (χ0v) is 10.1. The van der Waals surface area contributed by atoms with E-state index in [1.54, 1.807) is 0 Å². The molecule has 0 saturated heterocycles. The number of ether oxygens (including phenoxy) is 2. The van der Waals surface area contributed by atoms with E-state index in [9.17, 15) is 9.59 Å². The predicted molar refractivity (Wildman–Crippen MR) is 61.2 cm³/mol. The van der Waals surface area contributed by atoms with E-state index in [0.717, 1.165) is 12.8 Å². The second-order valence-corrected chi connectivity index (χ2v) is 3.68. The molecule has 0 aromatic carbocycles. The number of hydrogen-bond acceptors (Lipinski definition) is 4. The molecule has 0 amide bonds. The first-order valence-corrected chi connectivity index (χ1v) is 5.96. The van der Waals surface area contributed by atoms with Crippen molar-refractivity contribution >= 4 is 12.3 Å². The average molecular weight is 230 g/mol. The molecule has 94 valence electrons. The molecular weight excluding hydrogens is 208 g/mol. The van der Waals surface area contributed by atoms with Crippen LogP contribution in [0.4, 0.5) is 0 Å². The third-order valence-corrected chi connectivity index (χ3v) is 2.25. The molecule has 0 atom stereocenters. The van der Waals surface area contributed by atoms with Crippen molar-refractivity contribution < 1.29 is 19.1 Å². The van der Waals surface area contributed by atoms with Gasteiger partial charge in [0.15, 0.2) is 0 Å². The Hall–Kier alpha value is -0.900. The van der Waals surface area contributed by atoms with Gasteiger partial charge in [-0.15, -0.1) is 0 Å². The number of hydrogen-bond donors (Lipinski definition) is 0. The van der Waals surface area contributed by atoms with E-state index in [4.69, 9.17) is 4.74 Å². The van der Waals surface area contributed by atoms with E-state index < -0.39 is 0 Å². The zero-order chi connectivity index (χ0) is 12.1. The van der Waals surface area contributed by atoms with Gasteiger partial charge in [-0.05, 0) is 6.42 Å². The summed E-state index contributed by atoms with van der Waals surface area (Å²) >= 11 is 0. The van der Waals surface area contributed by atoms with Gasteiger partial charge in [0.1, 0.15) is 12.4 Å². The van der Waals surface area contributed by atoms with E-state index in [-0.39, 0.29) is 12.4 Å². The van der Waals surface area contributed by atoms with Crippen molar-refractivity contribution in [3.05, 3.63) is 0 Å². The molecule has 0 aromatic rings. The van der Waals surface area contributed by atoms with Crippen LogP contribution < -0.4 is 0 Å². The number of carbonyl (C=O) groups is 2. The maximum absolute atomic E-state index is 11.3. The summed E-state index contributed by atoms with van der Waals surface area (Å²) in [6, 6.07) is 0. The van der Waals surface area contributed by atoms with Crippen LogP contribution in [0, 0.1) is 0 Å². The number of carbonyl (C=O) groups excluding carboxylic acids is 2. The van der Waals surface area contributed by atoms with E-state index in [1.807, 2.05) is 0 Å². The largest absolute Gasteiger partial charge is 0.465 e. The van der Waals surface area contributed by atoms with Gasteiger partial charge in [-0.1, -0.05) is 26.2 Å². The van der Waals surface area contributed by atoms with E-state index in [0.29, 0.717) is 32.5 Å². The molecule has 4 heteroatoms. The second kappa shape index (κ2) is 12.2. The first-order valence-electron chi connectivity index (χ1n) is 5.96. The Bertz CT molecular complexity index is 180. The van der Waals surface area contributed by atoms with Gasteiger partial charge in [-0.3, -0.25) is 9.59 Å². The van der Waals surface area contributed by atoms with Crippen LogP contribution in [-0.2, 0) is 19.1 Å². The molecule has 0 aliphatic carbocycles. The van der Waals surface area contributed by atoms with Crippen LogP contribution in [0.2, 0.25) is 0 Å². The van der Waals surface area contributed by atoms with Gasteiger partial charge in [0, 0.05) is 12.8 Å². The molecule has 16 heavy (non-hydrogen) atoms. The van der Waals surface area contributed by atoms with Gasteiger partial charge < -0.3 is 9.47 Å². The number of rotatable bonds is 12. The van der Waals surface area contributed by atoms with E-state index in [1.165, 1.54) is 12.8 Å². The van der Waals surface area contributed by atoms with Crippen LogP contribution in [0.5, 0.6) is 0 Å². The van der Waals surface area contributed by atoms with Crippen LogP contribution in [0.1, 0.15) is 45.4 Å². The Morgan fingerprint density at radius 1 is 1.06 bits per heavy atom. The minimum Gasteiger partial charge on any atom is -0.465 e. The molecule has 0 bridgehead atoms. The van der Waals surface area contributed by atoms with E-state index in [2.05, 4.69) is 11.7 Å². The van der Waals surface area contributed by atoms with E-state index >= 15 is 0 Å². The van der Waals surface area contributed by atoms with Crippen molar-refractivity contribution in [2.75, 3.05) is 19.8 Å². The van der Waals surface area contributed by atoms with Crippen molar-refractivity contribution in [1.82, 2.24) is 0 Å². The van der Waals surface area contributed by atoms with Gasteiger partial charge in [-0.25, -0.2) is 0 Å². The van der Waals surface area contributed by atoms with Crippen molar-refractivity contribution in [3.8, 4) is 0 Å². The Balaban J connectivity index is 3.14. The fourth-order valence-electron chi connectivity index (χ4n) is 1.32. The van der Waals surface area contributed by atoms with Crippen LogP contribution in [0.25, 0.3) is 0 Å². The topological polar surface area (TPSA) is 52.6 Å². The fourth-order valence-corrected chi connectivity index (χ4v) is 1.32. The first kappa shape index (κ1) is 15.1. The molecule has 0 saturated carbocycles. The van der Waals surface area contributed by atoms with Gasteiger partial charge in [0.05, 0.1) is 13.2 Å². The maximum atomic E-state index is 11.3. The summed E-state index contributed by atoms with van der Waals surface area (Å²) in [6.45, 7) is 3.59.